The summed E-state index contributed by atoms with van der Waals surface area (Å²) in [7, 11) is 0. The van der Waals surface area contributed by atoms with Gasteiger partial charge in [0.25, 0.3) is 0 Å². The molecule has 0 aromatic carbocycles. The van der Waals surface area contributed by atoms with E-state index in [1.54, 1.807) is 0 Å². The Labute approximate surface area is 175 Å². The molecule has 0 bridgehead atoms. The van der Waals surface area contributed by atoms with Gasteiger partial charge in [-0.2, -0.15) is 0 Å². The van der Waals surface area contributed by atoms with Crippen LogP contribution in [-0.2, 0) is 9.53 Å². The summed E-state index contributed by atoms with van der Waals surface area (Å²) in [5.74, 6) is 2.28. The lowest BCUT2D eigenvalue weighted by Gasteiger charge is -2.14. The van der Waals surface area contributed by atoms with Crippen LogP contribution < -0.4 is 0 Å². The van der Waals surface area contributed by atoms with E-state index < -0.39 is 0 Å². The van der Waals surface area contributed by atoms with Gasteiger partial charge in [0.15, 0.2) is 0 Å². The minimum atomic E-state index is 0.257. The fraction of sp³-hybridized carbons (Fsp3) is 0.962. The van der Waals surface area contributed by atoms with Gasteiger partial charge in [0.1, 0.15) is 6.29 Å². The topological polar surface area (TPSA) is 26.3 Å². The third kappa shape index (κ3) is 11.0. The highest BCUT2D eigenvalue weighted by molar-refractivity contribution is 5.52. The molecule has 3 unspecified atom stereocenters. The standard InChI is InChI=1S/C26H48O2/c1-23(22-27)13-8-6-4-2-3-5-7-11-20-28-26-19-18-25(21-26)17-12-16-24-14-9-10-15-24/h22-26H,2-21H2,1H3. The van der Waals surface area contributed by atoms with Crippen molar-refractivity contribution in [2.45, 2.75) is 135 Å². The van der Waals surface area contributed by atoms with Crippen molar-refractivity contribution >= 4 is 6.29 Å². The van der Waals surface area contributed by atoms with Gasteiger partial charge in [0.2, 0.25) is 0 Å². The molecule has 0 heterocycles. The molecule has 0 saturated heterocycles. The zero-order chi connectivity index (χ0) is 19.9. The number of ether oxygens (including phenoxy) is 1. The Balaban J connectivity index is 1.31. The van der Waals surface area contributed by atoms with Gasteiger partial charge in [-0.05, 0) is 43.9 Å². The van der Waals surface area contributed by atoms with Crippen molar-refractivity contribution < 1.29 is 9.53 Å². The molecular formula is C26H48O2. The van der Waals surface area contributed by atoms with Crippen LogP contribution in [0.2, 0.25) is 0 Å². The predicted octanol–water partition coefficient (Wildman–Crippen LogP) is 7.88. The number of hydrogen-bond acceptors (Lipinski definition) is 2. The number of hydrogen-bond donors (Lipinski definition) is 0. The van der Waals surface area contributed by atoms with E-state index in [4.69, 9.17) is 4.74 Å². The molecule has 2 rings (SSSR count). The first kappa shape index (κ1) is 23.9. The lowest BCUT2D eigenvalue weighted by Crippen LogP contribution is -2.10. The van der Waals surface area contributed by atoms with E-state index in [2.05, 4.69) is 0 Å². The molecule has 2 aliphatic rings. The van der Waals surface area contributed by atoms with Crippen LogP contribution in [0.5, 0.6) is 0 Å². The minimum Gasteiger partial charge on any atom is -0.378 e. The second-order valence-electron chi connectivity index (χ2n) is 9.98. The molecule has 0 aliphatic heterocycles. The highest BCUT2D eigenvalue weighted by Crippen LogP contribution is 2.34. The first-order valence-corrected chi connectivity index (χ1v) is 12.8. The van der Waals surface area contributed by atoms with Crippen molar-refractivity contribution in [1.82, 2.24) is 0 Å². The maximum absolute atomic E-state index is 10.6. The normalized spacial score (nSPS) is 24.0. The molecule has 2 nitrogen and oxygen atoms in total. The number of rotatable bonds is 17. The summed E-state index contributed by atoms with van der Waals surface area (Å²) >= 11 is 0. The molecule has 2 heteroatoms. The smallest absolute Gasteiger partial charge is 0.122 e. The van der Waals surface area contributed by atoms with Gasteiger partial charge >= 0.3 is 0 Å². The summed E-state index contributed by atoms with van der Waals surface area (Å²) in [6.45, 7) is 3.01. The van der Waals surface area contributed by atoms with Crippen LogP contribution in [0.1, 0.15) is 129 Å². The van der Waals surface area contributed by atoms with E-state index in [1.807, 2.05) is 6.92 Å². The maximum Gasteiger partial charge on any atom is 0.122 e. The van der Waals surface area contributed by atoms with Gasteiger partial charge in [-0.25, -0.2) is 0 Å². The number of carbonyl (C=O) groups is 1. The second-order valence-corrected chi connectivity index (χ2v) is 9.98. The Kier molecular flexibility index (Phi) is 13.2. The Morgan fingerprint density at radius 3 is 2.14 bits per heavy atom. The van der Waals surface area contributed by atoms with Gasteiger partial charge < -0.3 is 9.53 Å². The molecule has 0 N–H and O–H groups in total. The molecule has 3 atom stereocenters. The fourth-order valence-electron chi connectivity index (χ4n) is 5.38. The lowest BCUT2D eigenvalue weighted by molar-refractivity contribution is -0.110. The van der Waals surface area contributed by atoms with Gasteiger partial charge in [0.05, 0.1) is 6.10 Å². The van der Waals surface area contributed by atoms with Gasteiger partial charge in [-0.3, -0.25) is 0 Å². The molecular weight excluding hydrogens is 344 g/mol. The Morgan fingerprint density at radius 2 is 1.43 bits per heavy atom. The minimum absolute atomic E-state index is 0.257. The SMILES string of the molecule is CC(C=O)CCCCCCCCCCOC1CCC(CCCC2CCCC2)C1. The monoisotopic (exact) mass is 392 g/mol. The van der Waals surface area contributed by atoms with E-state index in [0.29, 0.717) is 6.10 Å². The summed E-state index contributed by atoms with van der Waals surface area (Å²) in [4.78, 5) is 10.6. The summed E-state index contributed by atoms with van der Waals surface area (Å²) < 4.78 is 6.18. The zero-order valence-electron chi connectivity index (χ0n) is 18.8. The van der Waals surface area contributed by atoms with Crippen LogP contribution in [-0.4, -0.2) is 19.0 Å². The molecule has 2 saturated carbocycles. The number of carbonyl (C=O) groups excluding carboxylic acids is 1. The fourth-order valence-corrected chi connectivity index (χ4v) is 5.38. The van der Waals surface area contributed by atoms with Crippen LogP contribution >= 0.6 is 0 Å². The Morgan fingerprint density at radius 1 is 0.786 bits per heavy atom. The van der Waals surface area contributed by atoms with Crippen molar-refractivity contribution in [3.05, 3.63) is 0 Å². The summed E-state index contributed by atoms with van der Waals surface area (Å²) in [6, 6.07) is 0. The van der Waals surface area contributed by atoms with Gasteiger partial charge in [-0.1, -0.05) is 96.8 Å². The second kappa shape index (κ2) is 15.5. The molecule has 164 valence electrons. The van der Waals surface area contributed by atoms with E-state index >= 15 is 0 Å². The summed E-state index contributed by atoms with van der Waals surface area (Å²) in [5, 5.41) is 0. The largest absolute Gasteiger partial charge is 0.378 e. The van der Waals surface area contributed by atoms with Crippen molar-refractivity contribution in [1.29, 1.82) is 0 Å². The average molecular weight is 393 g/mol. The van der Waals surface area contributed by atoms with E-state index in [1.165, 1.54) is 116 Å². The molecule has 0 amide bonds. The van der Waals surface area contributed by atoms with Crippen LogP contribution in [0.4, 0.5) is 0 Å². The van der Waals surface area contributed by atoms with Crippen LogP contribution in [0.15, 0.2) is 0 Å². The zero-order valence-corrected chi connectivity index (χ0v) is 18.8. The van der Waals surface area contributed by atoms with Crippen LogP contribution in [0.25, 0.3) is 0 Å². The highest BCUT2D eigenvalue weighted by Gasteiger charge is 2.25. The van der Waals surface area contributed by atoms with Crippen LogP contribution in [0.3, 0.4) is 0 Å². The molecule has 0 spiro atoms. The van der Waals surface area contributed by atoms with Crippen molar-refractivity contribution in [2.75, 3.05) is 6.61 Å². The van der Waals surface area contributed by atoms with Crippen molar-refractivity contribution in [2.24, 2.45) is 17.8 Å². The highest BCUT2D eigenvalue weighted by atomic mass is 16.5. The molecule has 0 radical (unpaired) electrons. The van der Waals surface area contributed by atoms with Crippen molar-refractivity contribution in [3.63, 3.8) is 0 Å². The van der Waals surface area contributed by atoms with Crippen molar-refractivity contribution in [3.8, 4) is 0 Å². The quantitative estimate of drug-likeness (QED) is 0.186. The number of unbranched alkanes of at least 4 members (excludes halogenated alkanes) is 7. The molecule has 0 aromatic rings. The average Bonchev–Trinajstić information content (AvgIpc) is 3.38. The van der Waals surface area contributed by atoms with Gasteiger partial charge in [0, 0.05) is 12.5 Å². The third-order valence-electron chi connectivity index (χ3n) is 7.33. The van der Waals surface area contributed by atoms with E-state index in [-0.39, 0.29) is 5.92 Å². The van der Waals surface area contributed by atoms with Gasteiger partial charge in [-0.15, -0.1) is 0 Å². The maximum atomic E-state index is 10.6. The lowest BCUT2D eigenvalue weighted by atomic mass is 9.95. The molecule has 0 aromatic heterocycles. The van der Waals surface area contributed by atoms with E-state index in [9.17, 15) is 4.79 Å². The first-order chi connectivity index (χ1) is 13.8. The summed E-state index contributed by atoms with van der Waals surface area (Å²) in [5.41, 5.74) is 0. The molecule has 2 fully saturated rings. The Hall–Kier alpha value is -0.370. The predicted molar refractivity (Wildman–Crippen MR) is 120 cm³/mol. The third-order valence-corrected chi connectivity index (χ3v) is 7.33. The molecule has 28 heavy (non-hydrogen) atoms. The van der Waals surface area contributed by atoms with E-state index in [0.717, 1.165) is 31.1 Å². The summed E-state index contributed by atoms with van der Waals surface area (Å²) in [6.07, 6.45) is 27.8. The first-order valence-electron chi connectivity index (χ1n) is 12.8. The molecule has 2 aliphatic carbocycles. The Bertz CT molecular complexity index is 375. The number of aldehydes is 1. The van der Waals surface area contributed by atoms with Crippen LogP contribution in [0, 0.1) is 17.8 Å².